The van der Waals surface area contributed by atoms with Crippen LogP contribution < -0.4 is 0 Å². The van der Waals surface area contributed by atoms with Crippen LogP contribution in [0.15, 0.2) is 0 Å². The maximum atomic E-state index is 3.50. The van der Waals surface area contributed by atoms with E-state index in [9.17, 15) is 0 Å². The molecule has 0 radical (unpaired) electrons. The van der Waals surface area contributed by atoms with Gasteiger partial charge in [-0.1, -0.05) is 22.4 Å². The van der Waals surface area contributed by atoms with Gasteiger partial charge < -0.3 is 0 Å². The molecule has 2 unspecified atom stereocenters. The van der Waals surface area contributed by atoms with Gasteiger partial charge in [0.1, 0.15) is 0 Å². The third-order valence-corrected chi connectivity index (χ3v) is 4.71. The summed E-state index contributed by atoms with van der Waals surface area (Å²) in [6.07, 6.45) is 6.95. The molecule has 0 aromatic rings. The molecule has 16 heavy (non-hydrogen) atoms. The summed E-state index contributed by atoms with van der Waals surface area (Å²) in [6.45, 7) is 7.71. The fourth-order valence-corrected chi connectivity index (χ4v) is 3.54. The molecule has 0 aliphatic carbocycles. The number of halogens is 1. The first kappa shape index (κ1) is 12.8. The van der Waals surface area contributed by atoms with Gasteiger partial charge >= 0.3 is 0 Å². The van der Waals surface area contributed by atoms with Crippen molar-refractivity contribution in [3.05, 3.63) is 0 Å². The predicted octanol–water partition coefficient (Wildman–Crippen LogP) is 2.72. The van der Waals surface area contributed by atoms with E-state index in [1.54, 1.807) is 0 Å². The second kappa shape index (κ2) is 6.36. The van der Waals surface area contributed by atoms with Crippen molar-refractivity contribution in [3.63, 3.8) is 0 Å². The molecular formula is C13H25BrN2. The summed E-state index contributed by atoms with van der Waals surface area (Å²) in [4.78, 5) is 5.43. The molecule has 2 heterocycles. The molecule has 94 valence electrons. The van der Waals surface area contributed by atoms with Crippen LogP contribution in [-0.2, 0) is 0 Å². The van der Waals surface area contributed by atoms with Crippen LogP contribution in [0.3, 0.4) is 0 Å². The Hall–Kier alpha value is 0.400. The highest BCUT2D eigenvalue weighted by Gasteiger charge is 2.33. The molecule has 2 rings (SSSR count). The van der Waals surface area contributed by atoms with Gasteiger partial charge in [0.05, 0.1) is 0 Å². The molecule has 0 amide bonds. The average molecular weight is 289 g/mol. The van der Waals surface area contributed by atoms with Crippen LogP contribution in [0.25, 0.3) is 0 Å². The molecule has 2 fully saturated rings. The van der Waals surface area contributed by atoms with Crippen LogP contribution in [0, 0.1) is 0 Å². The Morgan fingerprint density at radius 3 is 2.88 bits per heavy atom. The van der Waals surface area contributed by atoms with Gasteiger partial charge in [-0.2, -0.15) is 0 Å². The van der Waals surface area contributed by atoms with Crippen molar-refractivity contribution in [2.24, 2.45) is 0 Å². The monoisotopic (exact) mass is 288 g/mol. The average Bonchev–Trinajstić information content (AvgIpc) is 2.71. The zero-order valence-electron chi connectivity index (χ0n) is 10.5. The van der Waals surface area contributed by atoms with Gasteiger partial charge in [-0.25, -0.2) is 0 Å². The first-order valence-electron chi connectivity index (χ1n) is 6.85. The Morgan fingerprint density at radius 1 is 1.19 bits per heavy atom. The first-order chi connectivity index (χ1) is 7.81. The van der Waals surface area contributed by atoms with Crippen molar-refractivity contribution in [3.8, 4) is 0 Å². The molecule has 0 saturated carbocycles. The van der Waals surface area contributed by atoms with Crippen molar-refractivity contribution in [1.82, 2.24) is 9.80 Å². The summed E-state index contributed by atoms with van der Waals surface area (Å²) in [5.74, 6) is 0. The minimum Gasteiger partial charge on any atom is -0.298 e. The van der Waals surface area contributed by atoms with Crippen molar-refractivity contribution in [1.29, 1.82) is 0 Å². The molecule has 2 aliphatic heterocycles. The standard InChI is InChI=1S/C13H25BrN2/c1-12-10-16-9-5-6-13(16)11-15(12)8-4-2-3-7-14/h12-13H,2-11H2,1H3. The van der Waals surface area contributed by atoms with E-state index in [1.807, 2.05) is 0 Å². The normalized spacial score (nSPS) is 31.9. The van der Waals surface area contributed by atoms with Gasteiger partial charge in [0.2, 0.25) is 0 Å². The lowest BCUT2D eigenvalue weighted by molar-refractivity contribution is 0.0584. The maximum Gasteiger partial charge on any atom is 0.0224 e. The summed E-state index contributed by atoms with van der Waals surface area (Å²) in [5.41, 5.74) is 0. The highest BCUT2D eigenvalue weighted by Crippen LogP contribution is 2.24. The minimum atomic E-state index is 0.776. The topological polar surface area (TPSA) is 6.48 Å². The van der Waals surface area contributed by atoms with Crippen molar-refractivity contribution >= 4 is 15.9 Å². The number of fused-ring (bicyclic) bond motifs is 1. The molecule has 2 nitrogen and oxygen atoms in total. The van der Waals surface area contributed by atoms with E-state index in [0.29, 0.717) is 0 Å². The molecule has 3 heteroatoms. The Bertz CT molecular complexity index is 210. The van der Waals surface area contributed by atoms with Crippen LogP contribution in [0.4, 0.5) is 0 Å². The summed E-state index contributed by atoms with van der Waals surface area (Å²) < 4.78 is 0. The quantitative estimate of drug-likeness (QED) is 0.567. The third kappa shape index (κ3) is 3.21. The Morgan fingerprint density at radius 2 is 2.06 bits per heavy atom. The number of alkyl halides is 1. The number of unbranched alkanes of at least 4 members (excludes halogenated alkanes) is 2. The van der Waals surface area contributed by atoms with Crippen LogP contribution in [-0.4, -0.2) is 53.4 Å². The predicted molar refractivity (Wildman–Crippen MR) is 73.3 cm³/mol. The molecule has 0 aromatic carbocycles. The first-order valence-corrected chi connectivity index (χ1v) is 7.97. The van der Waals surface area contributed by atoms with E-state index in [0.717, 1.165) is 12.1 Å². The largest absolute Gasteiger partial charge is 0.298 e. The van der Waals surface area contributed by atoms with Gasteiger partial charge in [-0.15, -0.1) is 0 Å². The van der Waals surface area contributed by atoms with Crippen molar-refractivity contribution in [2.45, 2.75) is 51.1 Å². The molecular weight excluding hydrogens is 264 g/mol. The Kier molecular flexibility index (Phi) is 5.11. The Labute approximate surface area is 108 Å². The molecule has 2 saturated heterocycles. The second-order valence-corrected chi connectivity index (χ2v) is 6.18. The lowest BCUT2D eigenvalue weighted by Crippen LogP contribution is -2.54. The van der Waals surface area contributed by atoms with E-state index in [4.69, 9.17) is 0 Å². The summed E-state index contributed by atoms with van der Waals surface area (Å²) >= 11 is 3.50. The van der Waals surface area contributed by atoms with Crippen LogP contribution >= 0.6 is 15.9 Å². The SMILES string of the molecule is CC1CN2CCCC2CN1CCCCCBr. The molecule has 0 aromatic heterocycles. The van der Waals surface area contributed by atoms with Crippen LogP contribution in [0.5, 0.6) is 0 Å². The molecule has 0 bridgehead atoms. The van der Waals surface area contributed by atoms with E-state index in [2.05, 4.69) is 32.7 Å². The van der Waals surface area contributed by atoms with Crippen molar-refractivity contribution < 1.29 is 0 Å². The molecule has 0 spiro atoms. The highest BCUT2D eigenvalue weighted by atomic mass is 79.9. The minimum absolute atomic E-state index is 0.776. The van der Waals surface area contributed by atoms with E-state index in [-0.39, 0.29) is 0 Å². The van der Waals surface area contributed by atoms with Crippen LogP contribution in [0.1, 0.15) is 39.0 Å². The lowest BCUT2D eigenvalue weighted by atomic mass is 10.1. The third-order valence-electron chi connectivity index (χ3n) is 4.15. The maximum absolute atomic E-state index is 3.50. The number of nitrogens with zero attached hydrogens (tertiary/aromatic N) is 2. The van der Waals surface area contributed by atoms with Gasteiger partial charge in [0, 0.05) is 30.5 Å². The van der Waals surface area contributed by atoms with Crippen LogP contribution in [0.2, 0.25) is 0 Å². The van der Waals surface area contributed by atoms with E-state index >= 15 is 0 Å². The van der Waals surface area contributed by atoms with Gasteiger partial charge in [0.25, 0.3) is 0 Å². The number of rotatable bonds is 5. The molecule has 2 aliphatic rings. The van der Waals surface area contributed by atoms with Gasteiger partial charge in [-0.05, 0) is 45.7 Å². The zero-order chi connectivity index (χ0) is 11.4. The number of piperazine rings is 1. The Balaban J connectivity index is 1.72. The fraction of sp³-hybridized carbons (Fsp3) is 1.00. The fourth-order valence-electron chi connectivity index (χ4n) is 3.15. The molecule has 0 N–H and O–H groups in total. The number of hydrogen-bond acceptors (Lipinski definition) is 2. The second-order valence-electron chi connectivity index (χ2n) is 5.38. The lowest BCUT2D eigenvalue weighted by Gasteiger charge is -2.42. The van der Waals surface area contributed by atoms with E-state index in [1.165, 1.54) is 63.6 Å². The molecule has 2 atom stereocenters. The summed E-state index contributed by atoms with van der Waals surface area (Å²) in [5, 5.41) is 1.17. The van der Waals surface area contributed by atoms with Crippen molar-refractivity contribution in [2.75, 3.05) is 31.5 Å². The zero-order valence-corrected chi connectivity index (χ0v) is 12.1. The summed E-state index contributed by atoms with van der Waals surface area (Å²) in [7, 11) is 0. The van der Waals surface area contributed by atoms with Gasteiger partial charge in [0.15, 0.2) is 0 Å². The smallest absolute Gasteiger partial charge is 0.0224 e. The summed E-state index contributed by atoms with van der Waals surface area (Å²) in [6, 6.07) is 1.66. The van der Waals surface area contributed by atoms with E-state index < -0.39 is 0 Å². The van der Waals surface area contributed by atoms with Gasteiger partial charge in [-0.3, -0.25) is 9.80 Å². The number of hydrogen-bond donors (Lipinski definition) is 0. The highest BCUT2D eigenvalue weighted by molar-refractivity contribution is 9.09.